The summed E-state index contributed by atoms with van der Waals surface area (Å²) < 4.78 is 0. The van der Waals surface area contributed by atoms with Gasteiger partial charge in [-0.15, -0.1) is 0 Å². The number of ketones is 1. The molecule has 0 bridgehead atoms. The summed E-state index contributed by atoms with van der Waals surface area (Å²) in [5, 5.41) is 20.2. The second-order valence-corrected chi connectivity index (χ2v) is 6.85. The number of aliphatic carboxylic acids is 1. The van der Waals surface area contributed by atoms with Crippen LogP contribution in [0.25, 0.3) is 0 Å². The third-order valence-corrected chi connectivity index (χ3v) is 4.62. The predicted molar refractivity (Wildman–Crippen MR) is 105 cm³/mol. The summed E-state index contributed by atoms with van der Waals surface area (Å²) in [6, 6.07) is 3.44. The topological polar surface area (TPSA) is 167 Å². The highest BCUT2D eigenvalue weighted by Crippen LogP contribution is 2.13. The van der Waals surface area contributed by atoms with E-state index in [-0.39, 0.29) is 11.3 Å². The number of carbonyl (C=O) groups excluding carboxylic acids is 4. The van der Waals surface area contributed by atoms with E-state index in [1.54, 1.807) is 30.3 Å². The molecule has 1 aromatic carbocycles. The van der Waals surface area contributed by atoms with Crippen molar-refractivity contribution >= 4 is 42.2 Å². The fraction of sp³-hybridized carbons (Fsp3) is 0.389. The van der Waals surface area contributed by atoms with Crippen molar-refractivity contribution in [3.63, 3.8) is 0 Å². The monoisotopic (exact) mass is 425 g/mol. The van der Waals surface area contributed by atoms with Gasteiger partial charge < -0.3 is 21.3 Å². The Labute approximate surface area is 172 Å². The number of carboxylic acids is 1. The van der Waals surface area contributed by atoms with Crippen LogP contribution in [0, 0.1) is 0 Å². The number of primary amides is 1. The molecule has 0 heterocycles. The Morgan fingerprint density at radius 2 is 1.72 bits per heavy atom. The van der Waals surface area contributed by atoms with Gasteiger partial charge in [-0.25, -0.2) is 14.5 Å². The van der Waals surface area contributed by atoms with Crippen LogP contribution >= 0.6 is 12.6 Å². The Hall–Kier alpha value is -2.92. The lowest BCUT2D eigenvalue weighted by atomic mass is 10.0. The van der Waals surface area contributed by atoms with Crippen LogP contribution in [0.15, 0.2) is 30.3 Å². The van der Waals surface area contributed by atoms with E-state index in [1.165, 1.54) is 0 Å². The Kier molecular flexibility index (Phi) is 8.80. The molecular weight excluding hydrogens is 402 g/mol. The summed E-state index contributed by atoms with van der Waals surface area (Å²) in [4.78, 5) is 60.2. The molecule has 0 aromatic heterocycles. The molecule has 0 aliphatic rings. The minimum absolute atomic E-state index is 0.242. The number of aliphatic hydroxyl groups is 1. The number of benzene rings is 1. The van der Waals surface area contributed by atoms with Crippen molar-refractivity contribution in [2.45, 2.75) is 43.7 Å². The molecule has 5 N–H and O–H groups in total. The number of hydrogen-bond acceptors (Lipinski definition) is 7. The number of rotatable bonds is 9. The van der Waals surface area contributed by atoms with Crippen LogP contribution in [0.5, 0.6) is 0 Å². The van der Waals surface area contributed by atoms with Crippen molar-refractivity contribution in [1.29, 1.82) is 0 Å². The standard InChI is InChI=1S/C18H23N3O7S/c1-9(22)13(20-15(24)14(29)10(2)23)16(25)21(18(19)28)12(17(26)27)8-11-6-4-3-5-7-11/h3-7,9,12-14,22,29H,8H2,1-2H3,(H2,19,28)(H,20,24)(H,26,27)/t9-,12+,13+,14?/m1/s1. The maximum atomic E-state index is 12.9. The van der Waals surface area contributed by atoms with Crippen LogP contribution in [0.3, 0.4) is 0 Å². The van der Waals surface area contributed by atoms with E-state index in [0.29, 0.717) is 5.56 Å². The van der Waals surface area contributed by atoms with Crippen molar-refractivity contribution in [2.75, 3.05) is 0 Å². The fourth-order valence-corrected chi connectivity index (χ4v) is 2.57. The van der Waals surface area contributed by atoms with Crippen LogP contribution < -0.4 is 11.1 Å². The third-order valence-electron chi connectivity index (χ3n) is 4.02. The molecule has 4 amide bonds. The summed E-state index contributed by atoms with van der Waals surface area (Å²) in [6.07, 6.45) is -1.76. The number of thiol groups is 1. The number of carboxylic acid groups (broad SMARTS) is 1. The lowest BCUT2D eigenvalue weighted by molar-refractivity contribution is -0.149. The van der Waals surface area contributed by atoms with Crippen LogP contribution in [-0.2, 0) is 25.6 Å². The molecule has 1 aromatic rings. The summed E-state index contributed by atoms with van der Waals surface area (Å²) in [5.41, 5.74) is 5.76. The second kappa shape index (κ2) is 10.6. The molecule has 0 aliphatic heterocycles. The zero-order valence-electron chi connectivity index (χ0n) is 15.8. The lowest BCUT2D eigenvalue weighted by Crippen LogP contribution is -2.61. The van der Waals surface area contributed by atoms with Gasteiger partial charge in [0.1, 0.15) is 17.3 Å². The molecule has 0 aliphatic carbocycles. The molecule has 11 heteroatoms. The molecule has 0 saturated heterocycles. The van der Waals surface area contributed by atoms with Gasteiger partial charge in [0.25, 0.3) is 5.91 Å². The van der Waals surface area contributed by atoms with Crippen molar-refractivity contribution in [2.24, 2.45) is 5.73 Å². The predicted octanol–water partition coefficient (Wildman–Crippen LogP) is -0.657. The van der Waals surface area contributed by atoms with Crippen LogP contribution in [0.2, 0.25) is 0 Å². The van der Waals surface area contributed by atoms with E-state index >= 15 is 0 Å². The highest BCUT2D eigenvalue weighted by Gasteiger charge is 2.40. The highest BCUT2D eigenvalue weighted by molar-refractivity contribution is 7.82. The molecule has 0 saturated carbocycles. The second-order valence-electron chi connectivity index (χ2n) is 6.33. The molecule has 29 heavy (non-hydrogen) atoms. The minimum atomic E-state index is -1.72. The zero-order valence-corrected chi connectivity index (χ0v) is 16.7. The van der Waals surface area contributed by atoms with Gasteiger partial charge in [0.15, 0.2) is 5.78 Å². The quantitative estimate of drug-likeness (QED) is 0.259. The highest BCUT2D eigenvalue weighted by atomic mass is 32.1. The first-order valence-electron chi connectivity index (χ1n) is 8.53. The SMILES string of the molecule is CC(=O)C(S)C(=O)N[C@H](C(=O)N(C(N)=O)[C@@H](Cc1ccccc1)C(=O)O)[C@@H](C)O. The van der Waals surface area contributed by atoms with Crippen LogP contribution in [-0.4, -0.2) is 68.1 Å². The van der Waals surface area contributed by atoms with E-state index in [9.17, 15) is 34.2 Å². The summed E-state index contributed by atoms with van der Waals surface area (Å²) in [6.45, 7) is 2.25. The maximum absolute atomic E-state index is 12.9. The Morgan fingerprint density at radius 3 is 2.14 bits per heavy atom. The summed E-state index contributed by atoms with van der Waals surface area (Å²) >= 11 is 3.81. The first-order valence-corrected chi connectivity index (χ1v) is 9.05. The zero-order chi connectivity index (χ0) is 22.3. The average Bonchev–Trinajstić information content (AvgIpc) is 2.64. The van der Waals surface area contributed by atoms with E-state index in [0.717, 1.165) is 13.8 Å². The van der Waals surface area contributed by atoms with Crippen molar-refractivity contribution in [1.82, 2.24) is 10.2 Å². The lowest BCUT2D eigenvalue weighted by Gasteiger charge is -2.31. The number of urea groups is 1. The van der Waals surface area contributed by atoms with Crippen molar-refractivity contribution in [3.05, 3.63) is 35.9 Å². The normalized spacial score (nSPS) is 14.8. The van der Waals surface area contributed by atoms with Gasteiger partial charge in [-0.1, -0.05) is 30.3 Å². The number of nitrogens with one attached hydrogen (secondary N) is 1. The van der Waals surface area contributed by atoms with E-state index < -0.39 is 53.0 Å². The van der Waals surface area contributed by atoms with Gasteiger partial charge in [0.2, 0.25) is 5.91 Å². The number of imide groups is 1. The molecule has 158 valence electrons. The third kappa shape index (κ3) is 6.57. The van der Waals surface area contributed by atoms with Gasteiger partial charge in [-0.05, 0) is 19.4 Å². The Bertz CT molecular complexity index is 785. The fourth-order valence-electron chi connectivity index (χ4n) is 2.50. The molecule has 0 radical (unpaired) electrons. The Balaban J connectivity index is 3.21. The van der Waals surface area contributed by atoms with Gasteiger partial charge >= 0.3 is 12.0 Å². The van der Waals surface area contributed by atoms with Crippen molar-refractivity contribution < 1.29 is 34.2 Å². The van der Waals surface area contributed by atoms with E-state index in [4.69, 9.17) is 5.73 Å². The Morgan fingerprint density at radius 1 is 1.17 bits per heavy atom. The number of aliphatic hydroxyl groups excluding tert-OH is 1. The number of amides is 4. The van der Waals surface area contributed by atoms with Gasteiger partial charge in [0, 0.05) is 6.42 Å². The number of carbonyl (C=O) groups is 5. The first kappa shape index (κ1) is 24.1. The summed E-state index contributed by atoms with van der Waals surface area (Å²) in [5.74, 6) is -4.33. The van der Waals surface area contributed by atoms with E-state index in [2.05, 4.69) is 17.9 Å². The first-order chi connectivity index (χ1) is 13.5. The molecular formula is C18H23N3O7S. The van der Waals surface area contributed by atoms with Gasteiger partial charge in [0.05, 0.1) is 6.10 Å². The van der Waals surface area contributed by atoms with E-state index in [1.807, 2.05) is 0 Å². The van der Waals surface area contributed by atoms with Crippen LogP contribution in [0.1, 0.15) is 19.4 Å². The molecule has 1 rings (SSSR count). The number of hydrogen-bond donors (Lipinski definition) is 5. The number of nitrogens with two attached hydrogens (primary N) is 1. The number of Topliss-reactive ketones (excluding diaryl/α,β-unsaturated/α-hetero) is 1. The molecule has 0 spiro atoms. The largest absolute Gasteiger partial charge is 0.480 e. The molecule has 4 atom stereocenters. The molecule has 1 unspecified atom stereocenters. The minimum Gasteiger partial charge on any atom is -0.480 e. The molecule has 10 nitrogen and oxygen atoms in total. The maximum Gasteiger partial charge on any atom is 0.327 e. The smallest absolute Gasteiger partial charge is 0.327 e. The van der Waals surface area contributed by atoms with Crippen molar-refractivity contribution in [3.8, 4) is 0 Å². The van der Waals surface area contributed by atoms with Gasteiger partial charge in [-0.3, -0.25) is 14.4 Å². The number of nitrogens with zero attached hydrogens (tertiary/aromatic N) is 1. The van der Waals surface area contributed by atoms with Gasteiger partial charge in [-0.2, -0.15) is 12.6 Å². The summed E-state index contributed by atoms with van der Waals surface area (Å²) in [7, 11) is 0. The average molecular weight is 425 g/mol. The van der Waals surface area contributed by atoms with Crippen LogP contribution in [0.4, 0.5) is 4.79 Å². The molecule has 0 fully saturated rings.